The molecule has 1 N–H and O–H groups in total. The van der Waals surface area contributed by atoms with Crippen molar-refractivity contribution in [2.45, 2.75) is 32.7 Å². The molecule has 2 aliphatic heterocycles. The van der Waals surface area contributed by atoms with Crippen molar-refractivity contribution in [3.05, 3.63) is 89.0 Å². The summed E-state index contributed by atoms with van der Waals surface area (Å²) in [6.45, 7) is 5.36. The van der Waals surface area contributed by atoms with Crippen LogP contribution in [0.1, 0.15) is 43.0 Å². The van der Waals surface area contributed by atoms with Gasteiger partial charge in [0.1, 0.15) is 23.0 Å². The molecule has 5 rings (SSSR count). The molecule has 0 aromatic heterocycles. The zero-order chi connectivity index (χ0) is 26.8. The predicted molar refractivity (Wildman–Crippen MR) is 145 cm³/mol. The molecule has 1 saturated heterocycles. The van der Waals surface area contributed by atoms with Crippen molar-refractivity contribution in [3.63, 3.8) is 0 Å². The Hall–Kier alpha value is -4.26. The van der Waals surface area contributed by atoms with E-state index in [-0.39, 0.29) is 11.3 Å². The van der Waals surface area contributed by atoms with Gasteiger partial charge in [-0.15, -0.1) is 0 Å². The fourth-order valence-corrected chi connectivity index (χ4v) is 4.83. The maximum absolute atomic E-state index is 13.5. The number of aliphatic hydroxyl groups excluding tert-OH is 1. The van der Waals surface area contributed by atoms with Gasteiger partial charge in [-0.2, -0.15) is 0 Å². The van der Waals surface area contributed by atoms with E-state index in [1.807, 2.05) is 6.07 Å². The van der Waals surface area contributed by atoms with Crippen molar-refractivity contribution >= 4 is 23.1 Å². The van der Waals surface area contributed by atoms with E-state index in [4.69, 9.17) is 14.2 Å². The summed E-state index contributed by atoms with van der Waals surface area (Å²) in [5.74, 6) is 0.819. The van der Waals surface area contributed by atoms with Crippen LogP contribution in [0.2, 0.25) is 0 Å². The van der Waals surface area contributed by atoms with Gasteiger partial charge in [0.2, 0.25) is 0 Å². The average Bonchev–Trinajstić information content (AvgIpc) is 3.21. The number of benzene rings is 3. The third-order valence-electron chi connectivity index (χ3n) is 6.76. The second-order valence-corrected chi connectivity index (χ2v) is 9.92. The highest BCUT2D eigenvalue weighted by molar-refractivity contribution is 6.51. The topological polar surface area (TPSA) is 85.3 Å². The van der Waals surface area contributed by atoms with Gasteiger partial charge in [-0.05, 0) is 84.5 Å². The molecule has 3 aromatic rings. The Balaban J connectivity index is 1.60. The number of anilines is 1. The quantitative estimate of drug-likeness (QED) is 0.249. The first-order valence-corrected chi connectivity index (χ1v) is 12.8. The smallest absolute Gasteiger partial charge is 0.300 e. The lowest BCUT2D eigenvalue weighted by molar-refractivity contribution is -0.132. The fraction of sp³-hybridized carbons (Fsp3) is 0.290. The molecule has 2 aliphatic rings. The van der Waals surface area contributed by atoms with Gasteiger partial charge in [-0.1, -0.05) is 26.0 Å². The maximum atomic E-state index is 13.5. The Kier molecular flexibility index (Phi) is 7.09. The van der Waals surface area contributed by atoms with E-state index in [0.717, 1.165) is 24.2 Å². The van der Waals surface area contributed by atoms with Gasteiger partial charge in [-0.25, -0.2) is 0 Å². The van der Waals surface area contributed by atoms with Gasteiger partial charge < -0.3 is 19.3 Å². The van der Waals surface area contributed by atoms with Gasteiger partial charge in [-0.3, -0.25) is 14.5 Å². The van der Waals surface area contributed by atoms with Crippen molar-refractivity contribution < 1.29 is 28.9 Å². The number of fused-ring (bicyclic) bond motifs is 1. The summed E-state index contributed by atoms with van der Waals surface area (Å²) in [7, 11) is 1.57. The number of nitrogens with zero attached hydrogens (tertiary/aromatic N) is 1. The largest absolute Gasteiger partial charge is 0.507 e. The standard InChI is InChI=1S/C31H31NO6/c1-19(2)18-38-25-13-9-23(10-14-25)32-28(20-6-11-24(36-3)12-7-20)27(30(34)31(32)35)29(33)22-8-15-26-21(17-22)5-4-16-37-26/h6-15,17,19,28,33H,4-5,16,18H2,1-3H3/b29-27-. The van der Waals surface area contributed by atoms with Crippen LogP contribution in [0.15, 0.2) is 72.3 Å². The predicted octanol–water partition coefficient (Wildman–Crippen LogP) is 5.68. The van der Waals surface area contributed by atoms with E-state index in [9.17, 15) is 14.7 Å². The number of methoxy groups -OCH3 is 1. The average molecular weight is 514 g/mol. The van der Waals surface area contributed by atoms with Crippen molar-refractivity contribution in [2.75, 3.05) is 25.2 Å². The second-order valence-electron chi connectivity index (χ2n) is 9.92. The summed E-state index contributed by atoms with van der Waals surface area (Å²) in [6.07, 6.45) is 1.70. The molecule has 7 heteroatoms. The van der Waals surface area contributed by atoms with E-state index in [0.29, 0.717) is 47.4 Å². The molecular weight excluding hydrogens is 482 g/mol. The number of aryl methyl sites for hydroxylation is 1. The van der Waals surface area contributed by atoms with E-state index >= 15 is 0 Å². The first kappa shape index (κ1) is 25.4. The van der Waals surface area contributed by atoms with Crippen molar-refractivity contribution in [2.24, 2.45) is 5.92 Å². The van der Waals surface area contributed by atoms with Gasteiger partial charge in [0.05, 0.1) is 31.9 Å². The zero-order valence-corrected chi connectivity index (χ0v) is 21.8. The number of aliphatic hydroxyl groups is 1. The zero-order valence-electron chi connectivity index (χ0n) is 21.8. The minimum atomic E-state index is -0.823. The number of hydrogen-bond acceptors (Lipinski definition) is 6. The van der Waals surface area contributed by atoms with Crippen molar-refractivity contribution in [3.8, 4) is 17.2 Å². The first-order valence-electron chi connectivity index (χ1n) is 12.8. The number of carbonyl (C=O) groups is 2. The molecule has 3 aromatic carbocycles. The van der Waals surface area contributed by atoms with Gasteiger partial charge in [0.25, 0.3) is 11.7 Å². The van der Waals surface area contributed by atoms with Crippen LogP contribution in [-0.4, -0.2) is 37.1 Å². The molecule has 1 amide bonds. The Morgan fingerprint density at radius 1 is 1.03 bits per heavy atom. The number of hydrogen-bond donors (Lipinski definition) is 1. The molecule has 1 fully saturated rings. The molecule has 0 spiro atoms. The lowest BCUT2D eigenvalue weighted by atomic mass is 9.94. The van der Waals surface area contributed by atoms with Crippen LogP contribution < -0.4 is 19.1 Å². The molecule has 0 radical (unpaired) electrons. The number of ether oxygens (including phenoxy) is 3. The molecule has 38 heavy (non-hydrogen) atoms. The van der Waals surface area contributed by atoms with Gasteiger partial charge in [0, 0.05) is 11.3 Å². The van der Waals surface area contributed by atoms with Crippen molar-refractivity contribution in [1.82, 2.24) is 0 Å². The number of amides is 1. The summed E-state index contributed by atoms with van der Waals surface area (Å²) < 4.78 is 16.8. The van der Waals surface area contributed by atoms with Gasteiger partial charge in [0.15, 0.2) is 0 Å². The van der Waals surface area contributed by atoms with Crippen LogP contribution in [0, 0.1) is 5.92 Å². The molecule has 1 atom stereocenters. The minimum Gasteiger partial charge on any atom is -0.507 e. The third-order valence-corrected chi connectivity index (χ3v) is 6.76. The van der Waals surface area contributed by atoms with E-state index in [1.165, 1.54) is 4.90 Å². The molecule has 196 valence electrons. The number of carbonyl (C=O) groups excluding carboxylic acids is 2. The van der Waals surface area contributed by atoms with E-state index in [2.05, 4.69) is 13.8 Å². The molecule has 1 unspecified atom stereocenters. The van der Waals surface area contributed by atoms with E-state index in [1.54, 1.807) is 67.8 Å². The van der Waals surface area contributed by atoms with Crippen LogP contribution in [-0.2, 0) is 16.0 Å². The Morgan fingerprint density at radius 3 is 2.42 bits per heavy atom. The highest BCUT2D eigenvalue weighted by atomic mass is 16.5. The highest BCUT2D eigenvalue weighted by Crippen LogP contribution is 2.43. The maximum Gasteiger partial charge on any atom is 0.300 e. The molecule has 0 aliphatic carbocycles. The highest BCUT2D eigenvalue weighted by Gasteiger charge is 2.47. The summed E-state index contributed by atoms with van der Waals surface area (Å²) in [4.78, 5) is 28.3. The molecule has 0 saturated carbocycles. The Labute approximate surface area is 222 Å². The van der Waals surface area contributed by atoms with Crippen LogP contribution in [0.25, 0.3) is 5.76 Å². The minimum absolute atomic E-state index is 0.0389. The normalized spacial score (nSPS) is 18.3. The summed E-state index contributed by atoms with van der Waals surface area (Å²) in [5.41, 5.74) is 2.68. The molecular formula is C31H31NO6. The van der Waals surface area contributed by atoms with Crippen LogP contribution >= 0.6 is 0 Å². The molecule has 0 bridgehead atoms. The number of ketones is 1. The Bertz CT molecular complexity index is 1370. The van der Waals surface area contributed by atoms with Crippen molar-refractivity contribution in [1.29, 1.82) is 0 Å². The summed E-state index contributed by atoms with van der Waals surface area (Å²) in [6, 6.07) is 18.8. The monoisotopic (exact) mass is 513 g/mol. The first-order chi connectivity index (χ1) is 18.4. The second kappa shape index (κ2) is 10.6. The fourth-order valence-electron chi connectivity index (χ4n) is 4.83. The molecule has 2 heterocycles. The van der Waals surface area contributed by atoms with Crippen LogP contribution in [0.4, 0.5) is 5.69 Å². The van der Waals surface area contributed by atoms with Crippen LogP contribution in [0.3, 0.4) is 0 Å². The number of Topliss-reactive ketones (excluding diaryl/α,β-unsaturated/α-hetero) is 1. The Morgan fingerprint density at radius 2 is 1.74 bits per heavy atom. The SMILES string of the molecule is COc1ccc(C2/C(=C(/O)c3ccc4c(c3)CCCO4)C(=O)C(=O)N2c2ccc(OCC(C)C)cc2)cc1. The third kappa shape index (κ3) is 4.84. The molecule has 7 nitrogen and oxygen atoms in total. The summed E-state index contributed by atoms with van der Waals surface area (Å²) in [5, 5.41) is 11.5. The van der Waals surface area contributed by atoms with E-state index < -0.39 is 17.7 Å². The lowest BCUT2D eigenvalue weighted by Crippen LogP contribution is -2.29. The van der Waals surface area contributed by atoms with Gasteiger partial charge >= 0.3 is 0 Å². The lowest BCUT2D eigenvalue weighted by Gasteiger charge is -2.26. The summed E-state index contributed by atoms with van der Waals surface area (Å²) >= 11 is 0. The van der Waals surface area contributed by atoms with Crippen LogP contribution in [0.5, 0.6) is 17.2 Å². The number of rotatable bonds is 7.